The van der Waals surface area contributed by atoms with Gasteiger partial charge in [0.2, 0.25) is 11.8 Å². The van der Waals surface area contributed by atoms with Gasteiger partial charge in [0.25, 0.3) is 0 Å². The predicted octanol–water partition coefficient (Wildman–Crippen LogP) is 8.34. The van der Waals surface area contributed by atoms with Gasteiger partial charge in [0.1, 0.15) is 10.7 Å². The van der Waals surface area contributed by atoms with Crippen LogP contribution in [0.15, 0.2) is 97.1 Å². The molecule has 0 bridgehead atoms. The molecule has 4 aromatic rings. The first-order valence-corrected chi connectivity index (χ1v) is 15.9. The van der Waals surface area contributed by atoms with E-state index >= 15 is 0 Å². The molecule has 6 rings (SSSR count). The molecule has 2 amide bonds. The molecule has 2 atom stereocenters. The van der Waals surface area contributed by atoms with Crippen LogP contribution < -0.4 is 9.80 Å². The van der Waals surface area contributed by atoms with E-state index in [9.17, 15) is 9.59 Å². The Morgan fingerprint density at radius 2 is 0.900 bits per heavy atom. The van der Waals surface area contributed by atoms with Gasteiger partial charge in [0.05, 0.1) is 11.5 Å². The molecule has 0 radical (unpaired) electrons. The second kappa shape index (κ2) is 11.9. The van der Waals surface area contributed by atoms with Gasteiger partial charge < -0.3 is 0 Å². The Hall–Kier alpha value is -2.90. The molecular weight excluding hydrogens is 579 g/mol. The van der Waals surface area contributed by atoms with Gasteiger partial charge in [-0.05, 0) is 83.6 Å². The Kier molecular flexibility index (Phi) is 8.12. The Bertz CT molecular complexity index is 1390. The first-order chi connectivity index (χ1) is 19.5. The SMILES string of the molecule is O=C1CS[C@@H](c2ccc(Cl)cc2)N1c1ccc(CCc2ccc(N3C(=O)CS[C@H]3c3ccc(Cl)cc3)cc2)cc1. The van der Waals surface area contributed by atoms with Crippen LogP contribution in [0.2, 0.25) is 10.0 Å². The molecule has 0 unspecified atom stereocenters. The van der Waals surface area contributed by atoms with Gasteiger partial charge in [-0.15, -0.1) is 23.5 Å². The number of anilines is 2. The molecule has 2 heterocycles. The molecule has 2 saturated heterocycles. The Morgan fingerprint density at radius 1 is 0.550 bits per heavy atom. The van der Waals surface area contributed by atoms with Crippen LogP contribution in [0.4, 0.5) is 11.4 Å². The number of amides is 2. The highest BCUT2D eigenvalue weighted by atomic mass is 35.5. The summed E-state index contributed by atoms with van der Waals surface area (Å²) in [5.74, 6) is 1.16. The Morgan fingerprint density at radius 3 is 1.25 bits per heavy atom. The van der Waals surface area contributed by atoms with E-state index in [2.05, 4.69) is 24.3 Å². The van der Waals surface area contributed by atoms with E-state index in [1.54, 1.807) is 23.5 Å². The fraction of sp³-hybridized carbons (Fsp3) is 0.188. The smallest absolute Gasteiger partial charge is 0.238 e. The summed E-state index contributed by atoms with van der Waals surface area (Å²) in [6, 6.07) is 32.0. The van der Waals surface area contributed by atoms with E-state index in [0.717, 1.165) is 35.3 Å². The van der Waals surface area contributed by atoms with Crippen LogP contribution >= 0.6 is 46.7 Å². The van der Waals surface area contributed by atoms with Crippen LogP contribution in [0.1, 0.15) is 33.0 Å². The molecule has 2 fully saturated rings. The third-order valence-corrected chi connectivity index (χ3v) is 10.1. The van der Waals surface area contributed by atoms with Crippen molar-refractivity contribution in [3.8, 4) is 0 Å². The molecule has 4 nitrogen and oxygen atoms in total. The number of thioether (sulfide) groups is 2. The molecule has 2 aliphatic heterocycles. The fourth-order valence-corrected chi connectivity index (χ4v) is 7.70. The van der Waals surface area contributed by atoms with Crippen LogP contribution in [-0.4, -0.2) is 23.3 Å². The highest BCUT2D eigenvalue weighted by Gasteiger charge is 2.35. The summed E-state index contributed by atoms with van der Waals surface area (Å²) < 4.78 is 0. The maximum Gasteiger partial charge on any atom is 0.238 e. The van der Waals surface area contributed by atoms with Crippen molar-refractivity contribution in [2.75, 3.05) is 21.3 Å². The number of halogens is 2. The van der Waals surface area contributed by atoms with Gasteiger partial charge >= 0.3 is 0 Å². The quantitative estimate of drug-likeness (QED) is 0.212. The van der Waals surface area contributed by atoms with Crippen molar-refractivity contribution in [1.82, 2.24) is 0 Å². The third kappa shape index (κ3) is 5.77. The number of aryl methyl sites for hydroxylation is 2. The van der Waals surface area contributed by atoms with Crippen molar-refractivity contribution in [1.29, 1.82) is 0 Å². The standard InChI is InChI=1S/C32H26Cl2N2O2S2/c33-25-11-7-23(8-12-25)31-35(29(37)19-39-31)27-15-3-21(4-16-27)1-2-22-5-17-28(18-6-22)36-30(38)20-40-32(36)24-9-13-26(34)14-10-24/h3-18,31-32H,1-2,19-20H2/t31-,32-/m0/s1. The van der Waals surface area contributed by atoms with E-state index in [0.29, 0.717) is 21.6 Å². The molecule has 0 spiro atoms. The summed E-state index contributed by atoms with van der Waals surface area (Å²) in [6.07, 6.45) is 1.77. The fourth-order valence-electron chi connectivity index (χ4n) is 5.09. The lowest BCUT2D eigenvalue weighted by Crippen LogP contribution is -2.27. The average molecular weight is 606 g/mol. The van der Waals surface area contributed by atoms with Gasteiger partial charge in [-0.3, -0.25) is 19.4 Å². The van der Waals surface area contributed by atoms with E-state index in [-0.39, 0.29) is 22.6 Å². The van der Waals surface area contributed by atoms with Gasteiger partial charge in [-0.25, -0.2) is 0 Å². The highest BCUT2D eigenvalue weighted by Crippen LogP contribution is 2.43. The Balaban J connectivity index is 1.10. The summed E-state index contributed by atoms with van der Waals surface area (Å²) in [7, 11) is 0. The van der Waals surface area contributed by atoms with Crippen molar-refractivity contribution in [2.45, 2.75) is 23.6 Å². The van der Waals surface area contributed by atoms with Crippen LogP contribution in [-0.2, 0) is 22.4 Å². The molecule has 0 saturated carbocycles. The number of carbonyl (C=O) groups excluding carboxylic acids is 2. The molecule has 2 aliphatic rings. The molecule has 8 heteroatoms. The van der Waals surface area contributed by atoms with E-state index < -0.39 is 0 Å². The maximum atomic E-state index is 12.7. The predicted molar refractivity (Wildman–Crippen MR) is 169 cm³/mol. The van der Waals surface area contributed by atoms with Gasteiger partial charge in [0, 0.05) is 21.4 Å². The zero-order chi connectivity index (χ0) is 27.6. The highest BCUT2D eigenvalue weighted by molar-refractivity contribution is 8.01. The van der Waals surface area contributed by atoms with Crippen molar-refractivity contribution in [2.24, 2.45) is 0 Å². The molecule has 0 N–H and O–H groups in total. The lowest BCUT2D eigenvalue weighted by atomic mass is 10.0. The second-order valence-electron chi connectivity index (χ2n) is 9.79. The van der Waals surface area contributed by atoms with Crippen LogP contribution in [0.25, 0.3) is 0 Å². The number of hydrogen-bond acceptors (Lipinski definition) is 4. The van der Waals surface area contributed by atoms with Crippen molar-refractivity contribution < 1.29 is 9.59 Å². The van der Waals surface area contributed by atoms with Gasteiger partial charge in [-0.2, -0.15) is 0 Å². The second-order valence-corrected chi connectivity index (χ2v) is 12.8. The number of rotatable bonds is 7. The van der Waals surface area contributed by atoms with Gasteiger partial charge in [0.15, 0.2) is 0 Å². The summed E-state index contributed by atoms with van der Waals surface area (Å²) >= 11 is 15.4. The zero-order valence-electron chi connectivity index (χ0n) is 21.5. The van der Waals surface area contributed by atoms with Crippen molar-refractivity contribution >= 4 is 69.9 Å². The summed E-state index contributed by atoms with van der Waals surface area (Å²) in [5.41, 5.74) is 6.38. The molecule has 202 valence electrons. The molecular formula is C32H26Cl2N2O2S2. The molecule has 0 aliphatic carbocycles. The first-order valence-electron chi connectivity index (χ1n) is 13.0. The topological polar surface area (TPSA) is 40.6 Å². The van der Waals surface area contributed by atoms with Crippen LogP contribution in [0.3, 0.4) is 0 Å². The molecule has 4 aromatic carbocycles. The number of nitrogens with zero attached hydrogens (tertiary/aromatic N) is 2. The number of carbonyl (C=O) groups is 2. The average Bonchev–Trinajstić information content (AvgIpc) is 3.56. The minimum atomic E-state index is -0.0469. The first kappa shape index (κ1) is 27.3. The monoisotopic (exact) mass is 604 g/mol. The van der Waals surface area contributed by atoms with Crippen molar-refractivity contribution in [3.63, 3.8) is 0 Å². The minimum Gasteiger partial charge on any atom is -0.295 e. The summed E-state index contributed by atoms with van der Waals surface area (Å²) in [6.45, 7) is 0. The normalized spacial score (nSPS) is 19.1. The van der Waals surface area contributed by atoms with E-state index in [4.69, 9.17) is 23.2 Å². The Labute approximate surface area is 252 Å². The van der Waals surface area contributed by atoms with Crippen LogP contribution in [0, 0.1) is 0 Å². The lowest BCUT2D eigenvalue weighted by Gasteiger charge is -2.25. The maximum absolute atomic E-state index is 12.7. The van der Waals surface area contributed by atoms with E-state index in [1.165, 1.54) is 11.1 Å². The largest absolute Gasteiger partial charge is 0.295 e. The molecule has 40 heavy (non-hydrogen) atoms. The van der Waals surface area contributed by atoms with Crippen LogP contribution in [0.5, 0.6) is 0 Å². The third-order valence-electron chi connectivity index (χ3n) is 7.18. The minimum absolute atomic E-state index is 0.0469. The number of hydrogen-bond donors (Lipinski definition) is 0. The number of benzene rings is 4. The van der Waals surface area contributed by atoms with E-state index in [1.807, 2.05) is 82.6 Å². The lowest BCUT2D eigenvalue weighted by molar-refractivity contribution is -0.116. The van der Waals surface area contributed by atoms with Crippen molar-refractivity contribution in [3.05, 3.63) is 129 Å². The zero-order valence-corrected chi connectivity index (χ0v) is 24.6. The summed E-state index contributed by atoms with van der Waals surface area (Å²) in [5, 5.41) is 1.28. The molecule has 0 aromatic heterocycles. The summed E-state index contributed by atoms with van der Waals surface area (Å²) in [4.78, 5) is 29.2. The van der Waals surface area contributed by atoms with Gasteiger partial charge in [-0.1, -0.05) is 71.7 Å².